The molecule has 1 aromatic heterocycles. The lowest BCUT2D eigenvalue weighted by Crippen LogP contribution is -2.14. The second-order valence-electron chi connectivity index (χ2n) is 5.44. The number of nitrogens with one attached hydrogen (secondary N) is 1. The van der Waals surface area contributed by atoms with E-state index in [1.807, 2.05) is 6.07 Å². The summed E-state index contributed by atoms with van der Waals surface area (Å²) in [5.41, 5.74) is 1.35. The van der Waals surface area contributed by atoms with Gasteiger partial charge in [0.05, 0.1) is 28.0 Å². The van der Waals surface area contributed by atoms with E-state index >= 15 is 0 Å². The molecule has 0 aliphatic rings. The Balaban J connectivity index is 1.95. The highest BCUT2D eigenvalue weighted by Crippen LogP contribution is 2.30. The van der Waals surface area contributed by atoms with Crippen molar-refractivity contribution in [1.82, 2.24) is 4.98 Å². The van der Waals surface area contributed by atoms with Crippen LogP contribution in [0.1, 0.15) is 18.4 Å². The summed E-state index contributed by atoms with van der Waals surface area (Å²) in [4.78, 5) is 4.54. The lowest BCUT2D eigenvalue weighted by Gasteiger charge is -2.12. The van der Waals surface area contributed by atoms with Gasteiger partial charge in [0.15, 0.2) is 0 Å². The molecule has 0 saturated carbocycles. The van der Waals surface area contributed by atoms with Crippen molar-refractivity contribution in [1.29, 1.82) is 0 Å². The van der Waals surface area contributed by atoms with Gasteiger partial charge in [0.1, 0.15) is 10.6 Å². The molecule has 0 spiro atoms. The average Bonchev–Trinajstić information content (AvgIpc) is 2.96. The van der Waals surface area contributed by atoms with Gasteiger partial charge in [0, 0.05) is 5.02 Å². The van der Waals surface area contributed by atoms with Crippen LogP contribution in [0.5, 0.6) is 5.75 Å². The minimum atomic E-state index is -3.83. The fourth-order valence-corrected chi connectivity index (χ4v) is 5.02. The maximum Gasteiger partial charge on any atom is 0.265 e. The number of hydrogen-bond acceptors (Lipinski definition) is 5. The van der Waals surface area contributed by atoms with Crippen molar-refractivity contribution in [3.8, 4) is 5.75 Å². The van der Waals surface area contributed by atoms with Crippen molar-refractivity contribution in [2.75, 3.05) is 11.8 Å². The highest BCUT2D eigenvalue weighted by atomic mass is 35.5. The fraction of sp³-hybridized carbons (Fsp3) is 0.235. The fourth-order valence-electron chi connectivity index (χ4n) is 2.43. The molecule has 132 valence electrons. The molecule has 0 atom stereocenters. The van der Waals surface area contributed by atoms with E-state index in [0.29, 0.717) is 10.7 Å². The lowest BCUT2D eigenvalue weighted by molar-refractivity contribution is 0.403. The van der Waals surface area contributed by atoms with E-state index in [4.69, 9.17) is 16.3 Å². The number of nitrogens with zero attached hydrogens (tertiary/aromatic N) is 1. The number of rotatable bonds is 6. The molecule has 0 bridgehead atoms. The summed E-state index contributed by atoms with van der Waals surface area (Å²) in [7, 11) is -2.41. The molecule has 25 heavy (non-hydrogen) atoms. The van der Waals surface area contributed by atoms with Gasteiger partial charge in [-0.3, -0.25) is 4.72 Å². The average molecular weight is 397 g/mol. The molecule has 0 aliphatic heterocycles. The van der Waals surface area contributed by atoms with Crippen LogP contribution in [0.2, 0.25) is 5.02 Å². The van der Waals surface area contributed by atoms with Gasteiger partial charge in [0.25, 0.3) is 10.0 Å². The van der Waals surface area contributed by atoms with Crippen LogP contribution in [0, 0.1) is 0 Å². The van der Waals surface area contributed by atoms with Crippen LogP contribution < -0.4 is 9.46 Å². The number of aromatic nitrogens is 1. The van der Waals surface area contributed by atoms with Gasteiger partial charge in [-0.1, -0.05) is 18.5 Å². The van der Waals surface area contributed by atoms with E-state index in [1.165, 1.54) is 19.2 Å². The smallest absolute Gasteiger partial charge is 0.265 e. The van der Waals surface area contributed by atoms with Crippen molar-refractivity contribution < 1.29 is 13.2 Å². The molecule has 0 aliphatic carbocycles. The lowest BCUT2D eigenvalue weighted by atomic mass is 10.3. The molecule has 0 saturated heterocycles. The van der Waals surface area contributed by atoms with Gasteiger partial charge in [0.2, 0.25) is 0 Å². The van der Waals surface area contributed by atoms with Crippen molar-refractivity contribution in [3.63, 3.8) is 0 Å². The Hall–Kier alpha value is -1.83. The van der Waals surface area contributed by atoms with E-state index in [-0.39, 0.29) is 10.6 Å². The topological polar surface area (TPSA) is 68.3 Å². The van der Waals surface area contributed by atoms with Gasteiger partial charge >= 0.3 is 0 Å². The first-order valence-electron chi connectivity index (χ1n) is 7.69. The summed E-state index contributed by atoms with van der Waals surface area (Å²) in [6, 6.07) is 9.79. The molecular formula is C17H17ClN2O3S2. The maximum atomic E-state index is 12.7. The summed E-state index contributed by atoms with van der Waals surface area (Å²) in [5, 5.41) is 1.37. The Morgan fingerprint density at radius 3 is 2.76 bits per heavy atom. The van der Waals surface area contributed by atoms with Gasteiger partial charge < -0.3 is 4.74 Å². The summed E-state index contributed by atoms with van der Waals surface area (Å²) in [6.07, 6.45) is 1.94. The number of sulfonamides is 1. The first-order valence-corrected chi connectivity index (χ1v) is 10.4. The van der Waals surface area contributed by atoms with Crippen LogP contribution in [0.15, 0.2) is 41.3 Å². The SMILES string of the molecule is CCCc1nc2ccc(NS(=O)(=O)c3cc(Cl)ccc3OC)cc2s1. The minimum absolute atomic E-state index is 0.00132. The van der Waals surface area contributed by atoms with Crippen LogP contribution in [-0.4, -0.2) is 20.5 Å². The molecule has 0 radical (unpaired) electrons. The van der Waals surface area contributed by atoms with Crippen molar-refractivity contribution in [3.05, 3.63) is 46.4 Å². The zero-order valence-corrected chi connectivity index (χ0v) is 16.1. The number of ether oxygens (including phenoxy) is 1. The van der Waals surface area contributed by atoms with Gasteiger partial charge in [-0.15, -0.1) is 11.3 Å². The Labute approximate surface area is 155 Å². The van der Waals surface area contributed by atoms with E-state index in [9.17, 15) is 8.42 Å². The summed E-state index contributed by atoms with van der Waals surface area (Å²) < 4.78 is 34.1. The number of halogens is 1. The molecule has 0 amide bonds. The van der Waals surface area contributed by atoms with Crippen LogP contribution in [0.25, 0.3) is 10.2 Å². The number of methoxy groups -OCH3 is 1. The highest BCUT2D eigenvalue weighted by Gasteiger charge is 2.20. The van der Waals surface area contributed by atoms with E-state index in [0.717, 1.165) is 28.1 Å². The van der Waals surface area contributed by atoms with Crippen molar-refractivity contribution in [2.45, 2.75) is 24.7 Å². The number of hydrogen-bond donors (Lipinski definition) is 1. The molecule has 3 rings (SSSR count). The van der Waals surface area contributed by atoms with E-state index in [2.05, 4.69) is 16.6 Å². The van der Waals surface area contributed by atoms with Crippen LogP contribution >= 0.6 is 22.9 Å². The Morgan fingerprint density at radius 1 is 1.24 bits per heavy atom. The van der Waals surface area contributed by atoms with E-state index < -0.39 is 10.0 Å². The molecule has 1 heterocycles. The van der Waals surface area contributed by atoms with Crippen molar-refractivity contribution >= 4 is 48.9 Å². The Kier molecular flexibility index (Phi) is 5.17. The molecule has 0 fully saturated rings. The molecular weight excluding hydrogens is 380 g/mol. The first kappa shape index (κ1) is 18.0. The van der Waals surface area contributed by atoms with Crippen LogP contribution in [-0.2, 0) is 16.4 Å². The molecule has 5 nitrogen and oxygen atoms in total. The highest BCUT2D eigenvalue weighted by molar-refractivity contribution is 7.92. The zero-order valence-electron chi connectivity index (χ0n) is 13.7. The molecule has 3 aromatic rings. The van der Waals surface area contributed by atoms with Crippen LogP contribution in [0.3, 0.4) is 0 Å². The standard InChI is InChI=1S/C17H17ClN2O3S2/c1-3-4-17-19-13-7-6-12(10-15(13)24-17)20-25(21,22)16-9-11(18)5-8-14(16)23-2/h5-10,20H,3-4H2,1-2H3. The minimum Gasteiger partial charge on any atom is -0.495 e. The quantitative estimate of drug-likeness (QED) is 0.655. The number of fused-ring (bicyclic) bond motifs is 1. The number of thiazole rings is 1. The third-order valence-electron chi connectivity index (χ3n) is 3.56. The molecule has 0 unspecified atom stereocenters. The molecule has 8 heteroatoms. The largest absolute Gasteiger partial charge is 0.495 e. The predicted molar refractivity (Wildman–Crippen MR) is 102 cm³/mol. The third kappa shape index (κ3) is 3.89. The van der Waals surface area contributed by atoms with Gasteiger partial charge in [-0.2, -0.15) is 0 Å². The number of aryl methyl sites for hydroxylation is 1. The Bertz CT molecular complexity index is 1020. The number of anilines is 1. The summed E-state index contributed by atoms with van der Waals surface area (Å²) in [6.45, 7) is 2.10. The predicted octanol–water partition coefficient (Wildman–Crippen LogP) is 4.71. The summed E-state index contributed by atoms with van der Waals surface area (Å²) >= 11 is 7.52. The Morgan fingerprint density at radius 2 is 2.04 bits per heavy atom. The second kappa shape index (κ2) is 7.19. The second-order valence-corrected chi connectivity index (χ2v) is 8.64. The first-order chi connectivity index (χ1) is 11.9. The van der Waals surface area contributed by atoms with Gasteiger partial charge in [-0.25, -0.2) is 13.4 Å². The normalized spacial score (nSPS) is 11.6. The van der Waals surface area contributed by atoms with Crippen LogP contribution in [0.4, 0.5) is 5.69 Å². The number of benzene rings is 2. The molecule has 1 N–H and O–H groups in total. The monoisotopic (exact) mass is 396 g/mol. The van der Waals surface area contributed by atoms with E-state index in [1.54, 1.807) is 29.5 Å². The molecule has 2 aromatic carbocycles. The zero-order chi connectivity index (χ0) is 18.0. The third-order valence-corrected chi connectivity index (χ3v) is 6.28. The van der Waals surface area contributed by atoms with Crippen molar-refractivity contribution in [2.24, 2.45) is 0 Å². The summed E-state index contributed by atoms with van der Waals surface area (Å²) in [5.74, 6) is 0.237. The van der Waals surface area contributed by atoms with Gasteiger partial charge in [-0.05, 0) is 49.2 Å². The maximum absolute atomic E-state index is 12.7.